The largest absolute Gasteiger partial charge is 0.497 e. The second-order valence-electron chi connectivity index (χ2n) is 5.89. The van der Waals surface area contributed by atoms with Crippen LogP contribution in [-0.2, 0) is 11.2 Å². The Balaban J connectivity index is 1.72. The summed E-state index contributed by atoms with van der Waals surface area (Å²) in [7, 11) is 1.58. The van der Waals surface area contributed by atoms with Crippen LogP contribution in [-0.4, -0.2) is 24.3 Å². The summed E-state index contributed by atoms with van der Waals surface area (Å²) in [4.78, 5) is 11.6. The fourth-order valence-electron chi connectivity index (χ4n) is 2.71. The topological polar surface area (TPSA) is 55.8 Å². The fraction of sp³-hybridized carbons (Fsp3) is 0.136. The van der Waals surface area contributed by atoms with Crippen molar-refractivity contribution in [2.45, 2.75) is 12.5 Å². The minimum atomic E-state index is -1.00. The van der Waals surface area contributed by atoms with Crippen molar-refractivity contribution in [1.29, 1.82) is 0 Å². The molecule has 0 aromatic heterocycles. The van der Waals surface area contributed by atoms with E-state index in [4.69, 9.17) is 9.47 Å². The Kier molecular flexibility index (Phi) is 5.54. The first-order valence-electron chi connectivity index (χ1n) is 8.33. The van der Waals surface area contributed by atoms with Crippen LogP contribution in [0, 0.1) is 0 Å². The van der Waals surface area contributed by atoms with Crippen LogP contribution in [0.5, 0.6) is 11.5 Å². The molecule has 0 unspecified atom stereocenters. The molecule has 0 amide bonds. The lowest BCUT2D eigenvalue weighted by atomic mass is 10.1. The van der Waals surface area contributed by atoms with Crippen molar-refractivity contribution in [3.05, 3.63) is 84.4 Å². The number of hydrogen-bond donors (Lipinski definition) is 1. The zero-order valence-corrected chi connectivity index (χ0v) is 14.5. The van der Waals surface area contributed by atoms with E-state index < -0.39 is 12.1 Å². The lowest BCUT2D eigenvalue weighted by Crippen LogP contribution is -2.29. The minimum absolute atomic E-state index is 0.257. The van der Waals surface area contributed by atoms with E-state index in [1.807, 2.05) is 66.7 Å². The van der Waals surface area contributed by atoms with E-state index >= 15 is 0 Å². The van der Waals surface area contributed by atoms with E-state index in [2.05, 4.69) is 0 Å². The van der Waals surface area contributed by atoms with E-state index in [9.17, 15) is 9.90 Å². The third-order valence-corrected chi connectivity index (χ3v) is 4.07. The molecular formula is C22H20O4. The summed E-state index contributed by atoms with van der Waals surface area (Å²) in [5, 5.41) is 9.50. The van der Waals surface area contributed by atoms with Crippen molar-refractivity contribution in [2.24, 2.45) is 0 Å². The maximum absolute atomic E-state index is 11.6. The van der Waals surface area contributed by atoms with Crippen molar-refractivity contribution < 1.29 is 19.4 Å². The van der Waals surface area contributed by atoms with Crippen LogP contribution in [0.2, 0.25) is 0 Å². The number of methoxy groups -OCH3 is 1. The highest BCUT2D eigenvalue weighted by molar-refractivity contribution is 5.73. The fourth-order valence-corrected chi connectivity index (χ4v) is 2.71. The van der Waals surface area contributed by atoms with Crippen LogP contribution in [0.3, 0.4) is 0 Å². The minimum Gasteiger partial charge on any atom is -0.497 e. The number of rotatable bonds is 7. The maximum atomic E-state index is 11.6. The Morgan fingerprint density at radius 3 is 2.23 bits per heavy atom. The molecule has 0 aliphatic rings. The smallest absolute Gasteiger partial charge is 0.345 e. The molecule has 0 aliphatic heterocycles. The average Bonchev–Trinajstić information content (AvgIpc) is 2.69. The Labute approximate surface area is 152 Å². The van der Waals surface area contributed by atoms with Crippen molar-refractivity contribution in [3.8, 4) is 22.6 Å². The summed E-state index contributed by atoms with van der Waals surface area (Å²) in [6, 6.07) is 24.8. The van der Waals surface area contributed by atoms with Gasteiger partial charge in [-0.15, -0.1) is 0 Å². The third-order valence-electron chi connectivity index (χ3n) is 4.07. The molecule has 0 aliphatic carbocycles. The molecule has 1 atom stereocenters. The van der Waals surface area contributed by atoms with Crippen LogP contribution in [0.15, 0.2) is 78.9 Å². The standard InChI is InChI=1S/C22H20O4/c1-25-20-9-5-6-16(14-20)15-21(22(23)24)26-19-12-10-18(11-13-19)17-7-3-2-4-8-17/h2-14,21H,15H2,1H3,(H,23,24)/t21-/m1/s1. The summed E-state index contributed by atoms with van der Waals surface area (Å²) in [6.07, 6.45) is -0.711. The number of benzene rings is 3. The highest BCUT2D eigenvalue weighted by atomic mass is 16.5. The number of aliphatic carboxylic acids is 1. The number of carboxylic acids is 1. The molecule has 132 valence electrons. The van der Waals surface area contributed by atoms with E-state index in [-0.39, 0.29) is 6.42 Å². The normalized spacial score (nSPS) is 11.6. The first-order chi connectivity index (χ1) is 12.7. The summed E-state index contributed by atoms with van der Waals surface area (Å²) in [5.41, 5.74) is 3.00. The summed E-state index contributed by atoms with van der Waals surface area (Å²) in [6.45, 7) is 0. The molecule has 0 saturated heterocycles. The number of carboxylic acid groups (broad SMARTS) is 1. The highest BCUT2D eigenvalue weighted by Gasteiger charge is 2.20. The van der Waals surface area contributed by atoms with Crippen LogP contribution in [0.25, 0.3) is 11.1 Å². The van der Waals surface area contributed by atoms with Gasteiger partial charge in [-0.05, 0) is 41.0 Å². The number of hydrogen-bond acceptors (Lipinski definition) is 3. The van der Waals surface area contributed by atoms with Gasteiger partial charge in [-0.3, -0.25) is 0 Å². The van der Waals surface area contributed by atoms with Crippen molar-refractivity contribution in [1.82, 2.24) is 0 Å². The van der Waals surface area contributed by atoms with Crippen LogP contribution >= 0.6 is 0 Å². The van der Waals surface area contributed by atoms with Gasteiger partial charge in [0.25, 0.3) is 0 Å². The van der Waals surface area contributed by atoms with Gasteiger partial charge >= 0.3 is 5.97 Å². The summed E-state index contributed by atoms with van der Waals surface area (Å²) >= 11 is 0. The van der Waals surface area contributed by atoms with Gasteiger partial charge in [-0.2, -0.15) is 0 Å². The molecule has 0 bridgehead atoms. The van der Waals surface area contributed by atoms with Gasteiger partial charge in [-0.25, -0.2) is 4.79 Å². The maximum Gasteiger partial charge on any atom is 0.345 e. The van der Waals surface area contributed by atoms with Gasteiger partial charge in [-0.1, -0.05) is 54.6 Å². The Bertz CT molecular complexity index is 857. The number of ether oxygens (including phenoxy) is 2. The molecule has 4 heteroatoms. The van der Waals surface area contributed by atoms with E-state index in [0.717, 1.165) is 16.7 Å². The summed E-state index contributed by atoms with van der Waals surface area (Å²) in [5.74, 6) is 0.221. The Morgan fingerprint density at radius 1 is 0.885 bits per heavy atom. The summed E-state index contributed by atoms with van der Waals surface area (Å²) < 4.78 is 10.9. The van der Waals surface area contributed by atoms with Gasteiger partial charge in [0.1, 0.15) is 11.5 Å². The van der Waals surface area contributed by atoms with Crippen LogP contribution in [0.4, 0.5) is 0 Å². The first kappa shape index (κ1) is 17.5. The molecule has 0 radical (unpaired) electrons. The van der Waals surface area contributed by atoms with Crippen molar-refractivity contribution >= 4 is 5.97 Å². The second-order valence-corrected chi connectivity index (χ2v) is 5.89. The molecule has 4 nitrogen and oxygen atoms in total. The lowest BCUT2D eigenvalue weighted by molar-refractivity contribution is -0.145. The van der Waals surface area contributed by atoms with Crippen molar-refractivity contribution in [3.63, 3.8) is 0 Å². The van der Waals surface area contributed by atoms with Gasteiger partial charge in [0.15, 0.2) is 6.10 Å². The van der Waals surface area contributed by atoms with Gasteiger partial charge in [0.05, 0.1) is 7.11 Å². The molecule has 3 aromatic carbocycles. The van der Waals surface area contributed by atoms with Crippen molar-refractivity contribution in [2.75, 3.05) is 7.11 Å². The predicted molar refractivity (Wildman–Crippen MR) is 101 cm³/mol. The monoisotopic (exact) mass is 348 g/mol. The molecule has 0 saturated carbocycles. The third kappa shape index (κ3) is 4.42. The zero-order chi connectivity index (χ0) is 18.4. The molecule has 0 heterocycles. The number of carbonyl (C=O) groups is 1. The molecule has 0 fully saturated rings. The van der Waals surface area contributed by atoms with Gasteiger partial charge in [0.2, 0.25) is 0 Å². The molecule has 3 aromatic rings. The molecule has 1 N–H and O–H groups in total. The molecule has 3 rings (SSSR count). The quantitative estimate of drug-likeness (QED) is 0.686. The molecule has 26 heavy (non-hydrogen) atoms. The SMILES string of the molecule is COc1cccc(C[C@@H](Oc2ccc(-c3ccccc3)cc2)C(=O)O)c1. The van der Waals surface area contributed by atoms with Crippen LogP contribution < -0.4 is 9.47 Å². The lowest BCUT2D eigenvalue weighted by Gasteiger charge is -2.16. The second kappa shape index (κ2) is 8.21. The van der Waals surface area contributed by atoms with E-state index in [1.54, 1.807) is 19.2 Å². The molecule has 0 spiro atoms. The van der Waals surface area contributed by atoms with E-state index in [1.165, 1.54) is 0 Å². The van der Waals surface area contributed by atoms with Gasteiger partial charge in [0, 0.05) is 6.42 Å². The Morgan fingerprint density at radius 2 is 1.58 bits per heavy atom. The molecular weight excluding hydrogens is 328 g/mol. The Hall–Kier alpha value is -3.27. The predicted octanol–water partition coefficient (Wildman–Crippen LogP) is 4.44. The zero-order valence-electron chi connectivity index (χ0n) is 14.5. The van der Waals surface area contributed by atoms with E-state index in [0.29, 0.717) is 11.5 Å². The first-order valence-corrected chi connectivity index (χ1v) is 8.33. The highest BCUT2D eigenvalue weighted by Crippen LogP contribution is 2.23. The average molecular weight is 348 g/mol. The van der Waals surface area contributed by atoms with Gasteiger partial charge < -0.3 is 14.6 Å². The van der Waals surface area contributed by atoms with Crippen LogP contribution in [0.1, 0.15) is 5.56 Å².